The van der Waals surface area contributed by atoms with Crippen LogP contribution in [0.3, 0.4) is 0 Å². The van der Waals surface area contributed by atoms with E-state index >= 15 is 0 Å². The molecule has 1 aromatic carbocycles. The molecule has 0 aliphatic rings. The summed E-state index contributed by atoms with van der Waals surface area (Å²) in [7, 11) is 1.88. The molecule has 0 unspecified atom stereocenters. The first-order valence-electron chi connectivity index (χ1n) is 7.36. The summed E-state index contributed by atoms with van der Waals surface area (Å²) < 4.78 is 14.8. The van der Waals surface area contributed by atoms with Crippen LogP contribution in [0.1, 0.15) is 25.5 Å². The molecule has 23 heavy (non-hydrogen) atoms. The molecule has 2 amide bonds. The second-order valence-electron chi connectivity index (χ2n) is 5.69. The van der Waals surface area contributed by atoms with E-state index in [2.05, 4.69) is 29.6 Å². The number of rotatable bonds is 5. The van der Waals surface area contributed by atoms with Gasteiger partial charge >= 0.3 is 6.03 Å². The Labute approximate surface area is 139 Å². The normalized spacial score (nSPS) is 12.3. The molecule has 1 heterocycles. The highest BCUT2D eigenvalue weighted by Crippen LogP contribution is 2.24. The number of halogens is 2. The van der Waals surface area contributed by atoms with E-state index in [4.69, 9.17) is 11.6 Å². The van der Waals surface area contributed by atoms with Crippen LogP contribution in [-0.2, 0) is 7.05 Å². The highest BCUT2D eigenvalue weighted by molar-refractivity contribution is 6.33. The van der Waals surface area contributed by atoms with Crippen LogP contribution in [0.25, 0.3) is 0 Å². The number of nitrogens with one attached hydrogen (secondary N) is 2. The molecule has 0 fully saturated rings. The summed E-state index contributed by atoms with van der Waals surface area (Å²) in [4.78, 5) is 12.0. The Hall–Kier alpha value is -2.08. The van der Waals surface area contributed by atoms with Gasteiger partial charge in [-0.25, -0.2) is 9.18 Å². The average molecular weight is 339 g/mol. The van der Waals surface area contributed by atoms with E-state index in [1.54, 1.807) is 10.9 Å². The minimum absolute atomic E-state index is 0.136. The Bertz CT molecular complexity index is 686. The molecule has 0 aliphatic heterocycles. The summed E-state index contributed by atoms with van der Waals surface area (Å²) in [6.45, 7) is 4.64. The Morgan fingerprint density at radius 3 is 2.70 bits per heavy atom. The van der Waals surface area contributed by atoms with Gasteiger partial charge in [-0.3, -0.25) is 4.68 Å². The van der Waals surface area contributed by atoms with Gasteiger partial charge in [0, 0.05) is 31.4 Å². The standard InChI is InChI=1S/C16H20ClFN4O/c1-10(2)12(15-6-7-20-22(15)3)9-19-16(23)21-14-5-4-11(18)8-13(14)17/h4-8,10,12H,9H2,1-3H3,(H2,19,21,23)/t12-/m1/s1. The molecule has 2 rings (SSSR count). The number of anilines is 1. The number of aromatic nitrogens is 2. The highest BCUT2D eigenvalue weighted by atomic mass is 35.5. The van der Waals surface area contributed by atoms with E-state index in [-0.39, 0.29) is 17.0 Å². The largest absolute Gasteiger partial charge is 0.337 e. The fraction of sp³-hybridized carbons (Fsp3) is 0.375. The van der Waals surface area contributed by atoms with Gasteiger partial charge in [0.05, 0.1) is 10.7 Å². The van der Waals surface area contributed by atoms with E-state index in [0.717, 1.165) is 11.8 Å². The lowest BCUT2D eigenvalue weighted by Gasteiger charge is -2.21. The van der Waals surface area contributed by atoms with Crippen LogP contribution in [0.4, 0.5) is 14.9 Å². The third-order valence-electron chi connectivity index (χ3n) is 3.71. The number of carbonyl (C=O) groups excluding carboxylic acids is 1. The molecule has 2 N–H and O–H groups in total. The molecule has 0 saturated heterocycles. The van der Waals surface area contributed by atoms with E-state index < -0.39 is 5.82 Å². The molecular weight excluding hydrogens is 319 g/mol. The van der Waals surface area contributed by atoms with E-state index in [0.29, 0.717) is 18.2 Å². The van der Waals surface area contributed by atoms with E-state index in [1.165, 1.54) is 12.1 Å². The quantitative estimate of drug-likeness (QED) is 0.871. The predicted octanol–water partition coefficient (Wildman–Crippen LogP) is 3.77. The van der Waals surface area contributed by atoms with Crippen molar-refractivity contribution >= 4 is 23.3 Å². The highest BCUT2D eigenvalue weighted by Gasteiger charge is 2.20. The molecule has 0 aliphatic carbocycles. The van der Waals surface area contributed by atoms with Crippen molar-refractivity contribution in [1.29, 1.82) is 0 Å². The van der Waals surface area contributed by atoms with Crippen molar-refractivity contribution in [3.05, 3.63) is 47.0 Å². The van der Waals surface area contributed by atoms with Gasteiger partial charge in [0.25, 0.3) is 0 Å². The molecule has 7 heteroatoms. The van der Waals surface area contributed by atoms with Gasteiger partial charge in [0.1, 0.15) is 5.82 Å². The van der Waals surface area contributed by atoms with Crippen molar-refractivity contribution in [3.8, 4) is 0 Å². The van der Waals surface area contributed by atoms with E-state index in [9.17, 15) is 9.18 Å². The number of benzene rings is 1. The number of nitrogens with zero attached hydrogens (tertiary/aromatic N) is 2. The minimum Gasteiger partial charge on any atom is -0.337 e. The first kappa shape index (κ1) is 17.3. The summed E-state index contributed by atoms with van der Waals surface area (Å²) in [6, 6.07) is 5.39. The van der Waals surface area contributed by atoms with Gasteiger partial charge in [0.15, 0.2) is 0 Å². The Morgan fingerprint density at radius 1 is 1.39 bits per heavy atom. The SMILES string of the molecule is CC(C)[C@@H](CNC(=O)Nc1ccc(F)cc1Cl)c1ccnn1C. The van der Waals surface area contributed by atoms with Gasteiger partial charge in [-0.1, -0.05) is 25.4 Å². The van der Waals surface area contributed by atoms with E-state index in [1.807, 2.05) is 13.1 Å². The van der Waals surface area contributed by atoms with Crippen LogP contribution in [0.2, 0.25) is 5.02 Å². The number of amides is 2. The Kier molecular flexibility index (Phi) is 5.60. The maximum Gasteiger partial charge on any atom is 0.319 e. The average Bonchev–Trinajstić information content (AvgIpc) is 2.88. The van der Waals surface area contributed by atoms with Gasteiger partial charge in [0.2, 0.25) is 0 Å². The van der Waals surface area contributed by atoms with Crippen molar-refractivity contribution in [2.24, 2.45) is 13.0 Å². The number of aryl methyl sites for hydroxylation is 1. The third-order valence-corrected chi connectivity index (χ3v) is 4.02. The molecule has 0 bridgehead atoms. The van der Waals surface area contributed by atoms with Crippen LogP contribution < -0.4 is 10.6 Å². The zero-order valence-electron chi connectivity index (χ0n) is 13.3. The molecule has 0 spiro atoms. The molecule has 124 valence electrons. The van der Waals surface area contributed by atoms with Gasteiger partial charge in [-0.15, -0.1) is 0 Å². The molecule has 0 radical (unpaired) electrons. The zero-order chi connectivity index (χ0) is 17.0. The monoisotopic (exact) mass is 338 g/mol. The topological polar surface area (TPSA) is 59.0 Å². The minimum atomic E-state index is -0.447. The summed E-state index contributed by atoms with van der Waals surface area (Å²) in [5.41, 5.74) is 1.42. The van der Waals surface area contributed by atoms with Crippen molar-refractivity contribution in [1.82, 2.24) is 15.1 Å². The number of hydrogen-bond acceptors (Lipinski definition) is 2. The fourth-order valence-corrected chi connectivity index (χ4v) is 2.60. The first-order valence-corrected chi connectivity index (χ1v) is 7.74. The Morgan fingerprint density at radius 2 is 2.13 bits per heavy atom. The third kappa shape index (κ3) is 4.45. The number of hydrogen-bond donors (Lipinski definition) is 2. The molecule has 1 atom stereocenters. The molecule has 0 saturated carbocycles. The molecule has 2 aromatic rings. The van der Waals surface area contributed by atoms with Crippen molar-refractivity contribution in [2.45, 2.75) is 19.8 Å². The van der Waals surface area contributed by atoms with Crippen LogP contribution in [-0.4, -0.2) is 22.4 Å². The van der Waals surface area contributed by atoms with Crippen molar-refractivity contribution in [2.75, 3.05) is 11.9 Å². The van der Waals surface area contributed by atoms with Crippen molar-refractivity contribution < 1.29 is 9.18 Å². The maximum atomic E-state index is 13.0. The summed E-state index contributed by atoms with van der Waals surface area (Å²) in [5.74, 6) is 0.0223. The van der Waals surface area contributed by atoms with Crippen LogP contribution >= 0.6 is 11.6 Å². The van der Waals surface area contributed by atoms with Gasteiger partial charge in [-0.05, 0) is 30.2 Å². The second kappa shape index (κ2) is 7.46. The first-order chi connectivity index (χ1) is 10.9. The van der Waals surface area contributed by atoms with Crippen LogP contribution in [0.5, 0.6) is 0 Å². The lowest BCUT2D eigenvalue weighted by Crippen LogP contribution is -2.34. The molecule has 1 aromatic heterocycles. The summed E-state index contributed by atoms with van der Waals surface area (Å²) in [6.07, 6.45) is 1.74. The van der Waals surface area contributed by atoms with Crippen LogP contribution in [0.15, 0.2) is 30.5 Å². The summed E-state index contributed by atoms with van der Waals surface area (Å²) >= 11 is 5.89. The fourth-order valence-electron chi connectivity index (χ4n) is 2.39. The maximum absolute atomic E-state index is 13.0. The number of urea groups is 1. The Balaban J connectivity index is 1.98. The number of carbonyl (C=O) groups is 1. The van der Waals surface area contributed by atoms with Gasteiger partial charge in [-0.2, -0.15) is 5.10 Å². The molecular formula is C16H20ClFN4O. The lowest BCUT2D eigenvalue weighted by molar-refractivity contribution is 0.250. The molecule has 5 nitrogen and oxygen atoms in total. The van der Waals surface area contributed by atoms with Gasteiger partial charge < -0.3 is 10.6 Å². The predicted molar refractivity (Wildman–Crippen MR) is 89.2 cm³/mol. The lowest BCUT2D eigenvalue weighted by atomic mass is 9.92. The summed E-state index contributed by atoms with van der Waals surface area (Å²) in [5, 5.41) is 9.78. The smallest absolute Gasteiger partial charge is 0.319 e. The second-order valence-corrected chi connectivity index (χ2v) is 6.10. The van der Waals surface area contributed by atoms with Crippen LogP contribution in [0, 0.1) is 11.7 Å². The van der Waals surface area contributed by atoms with Crippen molar-refractivity contribution in [3.63, 3.8) is 0 Å². The zero-order valence-corrected chi connectivity index (χ0v) is 14.1.